The molecule has 0 aliphatic rings. The number of aromatic nitrogens is 1. The fourth-order valence-electron chi connectivity index (χ4n) is 1.72. The van der Waals surface area contributed by atoms with Crippen molar-refractivity contribution in [3.8, 4) is 0 Å². The highest BCUT2D eigenvalue weighted by molar-refractivity contribution is 9.10. The van der Waals surface area contributed by atoms with Gasteiger partial charge >= 0.3 is 0 Å². The molecule has 0 bridgehead atoms. The van der Waals surface area contributed by atoms with Gasteiger partial charge in [0.15, 0.2) is 0 Å². The van der Waals surface area contributed by atoms with Crippen LogP contribution < -0.4 is 10.0 Å². The third-order valence-electron chi connectivity index (χ3n) is 2.92. The highest BCUT2D eigenvalue weighted by atomic mass is 79.9. The van der Waals surface area contributed by atoms with Crippen molar-refractivity contribution >= 4 is 31.9 Å². The molecular formula is C14H14BrN3O3S. The molecule has 0 aliphatic carbocycles. The summed E-state index contributed by atoms with van der Waals surface area (Å²) in [4.78, 5) is 16.1. The zero-order valence-corrected chi connectivity index (χ0v) is 14.1. The standard InChI is InChI=1S/C14H14BrN3O3S/c1-16-22(20,21)13-4-2-10(3-5-13)7-18-14(19)11-6-12(15)9-17-8-11/h2-6,8-9,16H,7H2,1H3,(H,18,19). The summed E-state index contributed by atoms with van der Waals surface area (Å²) in [6.45, 7) is 0.297. The Morgan fingerprint density at radius 2 is 1.91 bits per heavy atom. The first-order valence-electron chi connectivity index (χ1n) is 6.33. The maximum atomic E-state index is 12.0. The summed E-state index contributed by atoms with van der Waals surface area (Å²) in [5.41, 5.74) is 1.25. The van der Waals surface area contributed by atoms with Crippen LogP contribution in [0.25, 0.3) is 0 Å². The van der Waals surface area contributed by atoms with Gasteiger partial charge in [0, 0.05) is 23.4 Å². The second-order valence-corrected chi connectivity index (χ2v) is 7.23. The van der Waals surface area contributed by atoms with Crippen molar-refractivity contribution in [1.29, 1.82) is 0 Å². The topological polar surface area (TPSA) is 88.2 Å². The molecule has 2 N–H and O–H groups in total. The molecule has 116 valence electrons. The summed E-state index contributed by atoms with van der Waals surface area (Å²) < 4.78 is 26.2. The van der Waals surface area contributed by atoms with E-state index in [1.807, 2.05) is 0 Å². The molecule has 0 saturated heterocycles. The Bertz CT molecular complexity index is 776. The van der Waals surface area contributed by atoms with E-state index in [0.29, 0.717) is 12.1 Å². The predicted molar refractivity (Wildman–Crippen MR) is 85.8 cm³/mol. The van der Waals surface area contributed by atoms with Crippen molar-refractivity contribution in [2.45, 2.75) is 11.4 Å². The lowest BCUT2D eigenvalue weighted by Crippen LogP contribution is -2.23. The van der Waals surface area contributed by atoms with Crippen LogP contribution >= 0.6 is 15.9 Å². The molecule has 2 aromatic rings. The van der Waals surface area contributed by atoms with E-state index in [9.17, 15) is 13.2 Å². The Balaban J connectivity index is 2.02. The van der Waals surface area contributed by atoms with Crippen molar-refractivity contribution in [3.05, 3.63) is 58.3 Å². The van der Waals surface area contributed by atoms with Gasteiger partial charge in [-0.2, -0.15) is 0 Å². The molecule has 8 heteroatoms. The van der Waals surface area contributed by atoms with Gasteiger partial charge in [0.25, 0.3) is 5.91 Å². The van der Waals surface area contributed by atoms with Crippen molar-refractivity contribution < 1.29 is 13.2 Å². The van der Waals surface area contributed by atoms with Crippen molar-refractivity contribution in [3.63, 3.8) is 0 Å². The predicted octanol–water partition coefficient (Wildman–Crippen LogP) is 1.68. The molecule has 0 atom stereocenters. The van der Waals surface area contributed by atoms with E-state index in [-0.39, 0.29) is 10.8 Å². The number of hydrogen-bond acceptors (Lipinski definition) is 4. The summed E-state index contributed by atoms with van der Waals surface area (Å²) in [5, 5.41) is 2.75. The first-order valence-corrected chi connectivity index (χ1v) is 8.61. The van der Waals surface area contributed by atoms with Crippen LogP contribution in [-0.2, 0) is 16.6 Å². The van der Waals surface area contributed by atoms with Gasteiger partial charge < -0.3 is 5.32 Å². The number of amides is 1. The van der Waals surface area contributed by atoms with E-state index < -0.39 is 10.0 Å². The van der Waals surface area contributed by atoms with Gasteiger partial charge in [-0.3, -0.25) is 9.78 Å². The van der Waals surface area contributed by atoms with Crippen LogP contribution in [0, 0.1) is 0 Å². The third kappa shape index (κ3) is 4.12. The molecule has 1 aromatic heterocycles. The van der Waals surface area contributed by atoms with E-state index >= 15 is 0 Å². The van der Waals surface area contributed by atoms with Gasteiger partial charge in [-0.15, -0.1) is 0 Å². The summed E-state index contributed by atoms with van der Waals surface area (Å²) >= 11 is 3.25. The fourth-order valence-corrected chi connectivity index (χ4v) is 2.82. The highest BCUT2D eigenvalue weighted by Gasteiger charge is 2.11. The molecule has 1 aromatic carbocycles. The fraction of sp³-hybridized carbons (Fsp3) is 0.143. The van der Waals surface area contributed by atoms with E-state index in [1.54, 1.807) is 24.4 Å². The minimum atomic E-state index is -3.44. The number of nitrogens with zero attached hydrogens (tertiary/aromatic N) is 1. The lowest BCUT2D eigenvalue weighted by atomic mass is 10.2. The van der Waals surface area contributed by atoms with Gasteiger partial charge in [-0.05, 0) is 46.7 Å². The molecule has 0 aliphatic heterocycles. The minimum absolute atomic E-state index is 0.182. The van der Waals surface area contributed by atoms with Gasteiger partial charge in [0.1, 0.15) is 0 Å². The summed E-state index contributed by atoms with van der Waals surface area (Å²) in [6.07, 6.45) is 3.07. The number of rotatable bonds is 5. The lowest BCUT2D eigenvalue weighted by molar-refractivity contribution is 0.0950. The lowest BCUT2D eigenvalue weighted by Gasteiger charge is -2.07. The number of hydrogen-bond donors (Lipinski definition) is 2. The van der Waals surface area contributed by atoms with Gasteiger partial charge in [0.2, 0.25) is 10.0 Å². The first-order chi connectivity index (χ1) is 10.4. The minimum Gasteiger partial charge on any atom is -0.348 e. The Morgan fingerprint density at radius 1 is 1.23 bits per heavy atom. The van der Waals surface area contributed by atoms with Gasteiger partial charge in [0.05, 0.1) is 10.5 Å². The average molecular weight is 384 g/mol. The molecule has 0 fully saturated rings. The van der Waals surface area contributed by atoms with Gasteiger partial charge in [-0.1, -0.05) is 12.1 Å². The number of halogens is 1. The molecule has 22 heavy (non-hydrogen) atoms. The third-order valence-corrected chi connectivity index (χ3v) is 4.79. The molecule has 6 nitrogen and oxygen atoms in total. The molecule has 1 amide bonds. The van der Waals surface area contributed by atoms with Crippen LogP contribution in [0.4, 0.5) is 0 Å². The van der Waals surface area contributed by atoms with Gasteiger partial charge in [-0.25, -0.2) is 13.1 Å². The number of sulfonamides is 1. The Morgan fingerprint density at radius 3 is 2.50 bits per heavy atom. The molecule has 0 saturated carbocycles. The first kappa shape index (κ1) is 16.6. The maximum absolute atomic E-state index is 12.0. The molecular weight excluding hydrogens is 370 g/mol. The zero-order chi connectivity index (χ0) is 16.2. The Labute approximate surface area is 137 Å². The molecule has 0 spiro atoms. The van der Waals surface area contributed by atoms with Crippen molar-refractivity contribution in [2.75, 3.05) is 7.05 Å². The van der Waals surface area contributed by atoms with Crippen molar-refractivity contribution in [1.82, 2.24) is 15.0 Å². The normalized spacial score (nSPS) is 11.2. The van der Waals surface area contributed by atoms with Crippen LogP contribution in [-0.4, -0.2) is 26.4 Å². The van der Waals surface area contributed by atoms with Crippen LogP contribution in [0.2, 0.25) is 0 Å². The van der Waals surface area contributed by atoms with Crippen molar-refractivity contribution in [2.24, 2.45) is 0 Å². The SMILES string of the molecule is CNS(=O)(=O)c1ccc(CNC(=O)c2cncc(Br)c2)cc1. The molecule has 0 unspecified atom stereocenters. The number of nitrogens with one attached hydrogen (secondary N) is 2. The number of carbonyl (C=O) groups is 1. The molecule has 2 rings (SSSR count). The van der Waals surface area contributed by atoms with E-state index in [0.717, 1.165) is 10.0 Å². The monoisotopic (exact) mass is 383 g/mol. The second kappa shape index (κ2) is 6.99. The summed E-state index contributed by atoms with van der Waals surface area (Å²) in [5.74, 6) is -0.249. The van der Waals surface area contributed by atoms with Crippen LogP contribution in [0.1, 0.15) is 15.9 Å². The van der Waals surface area contributed by atoms with E-state index in [4.69, 9.17) is 0 Å². The smallest absolute Gasteiger partial charge is 0.253 e. The zero-order valence-electron chi connectivity index (χ0n) is 11.7. The maximum Gasteiger partial charge on any atom is 0.253 e. The van der Waals surface area contributed by atoms with E-state index in [1.165, 1.54) is 25.4 Å². The highest BCUT2D eigenvalue weighted by Crippen LogP contribution is 2.11. The second-order valence-electron chi connectivity index (χ2n) is 4.43. The number of carbonyl (C=O) groups excluding carboxylic acids is 1. The van der Waals surface area contributed by atoms with Crippen LogP contribution in [0.3, 0.4) is 0 Å². The summed E-state index contributed by atoms with van der Waals surface area (Å²) in [6, 6.07) is 7.97. The summed E-state index contributed by atoms with van der Waals surface area (Å²) in [7, 11) is -2.09. The number of pyridine rings is 1. The largest absolute Gasteiger partial charge is 0.348 e. The molecule has 0 radical (unpaired) electrons. The Hall–Kier alpha value is -1.77. The Kier molecular flexibility index (Phi) is 5.28. The van der Waals surface area contributed by atoms with Crippen LogP contribution in [0.15, 0.2) is 52.1 Å². The average Bonchev–Trinajstić information content (AvgIpc) is 2.53. The number of benzene rings is 1. The van der Waals surface area contributed by atoms with Crippen LogP contribution in [0.5, 0.6) is 0 Å². The quantitative estimate of drug-likeness (QED) is 0.821. The molecule has 1 heterocycles. The van der Waals surface area contributed by atoms with E-state index in [2.05, 4.69) is 31.0 Å².